The van der Waals surface area contributed by atoms with Gasteiger partial charge in [-0.15, -0.1) is 0 Å². The number of para-hydroxylation sites is 1. The first-order valence-electron chi connectivity index (χ1n) is 11.1. The van der Waals surface area contributed by atoms with E-state index in [4.69, 9.17) is 0 Å². The molecule has 3 aromatic carbocycles. The van der Waals surface area contributed by atoms with Gasteiger partial charge in [-0.25, -0.2) is 0 Å². The van der Waals surface area contributed by atoms with Gasteiger partial charge in [0.1, 0.15) is 0 Å². The molecular formula is C27H27N3O3. The van der Waals surface area contributed by atoms with E-state index in [1.807, 2.05) is 61.5 Å². The fraction of sp³-hybridized carbons (Fsp3) is 0.222. The third-order valence-electron chi connectivity index (χ3n) is 5.78. The molecule has 33 heavy (non-hydrogen) atoms. The van der Waals surface area contributed by atoms with Crippen LogP contribution in [0.5, 0.6) is 0 Å². The van der Waals surface area contributed by atoms with Crippen molar-refractivity contribution in [2.45, 2.75) is 19.8 Å². The fourth-order valence-corrected chi connectivity index (χ4v) is 4.01. The largest absolute Gasteiger partial charge is 0.352 e. The van der Waals surface area contributed by atoms with Crippen LogP contribution in [0.1, 0.15) is 27.9 Å². The van der Waals surface area contributed by atoms with Gasteiger partial charge in [-0.3, -0.25) is 14.4 Å². The summed E-state index contributed by atoms with van der Waals surface area (Å²) >= 11 is 0. The van der Waals surface area contributed by atoms with Gasteiger partial charge in [0.2, 0.25) is 11.8 Å². The van der Waals surface area contributed by atoms with Crippen molar-refractivity contribution < 1.29 is 14.4 Å². The molecule has 3 aromatic rings. The smallest absolute Gasteiger partial charge is 0.253 e. The molecule has 0 aliphatic carbocycles. The molecular weight excluding hydrogens is 414 g/mol. The molecule has 0 spiro atoms. The van der Waals surface area contributed by atoms with Gasteiger partial charge in [0.25, 0.3) is 5.91 Å². The lowest BCUT2D eigenvalue weighted by Crippen LogP contribution is -2.30. The second kappa shape index (κ2) is 10.1. The number of carbonyl (C=O) groups is 3. The maximum Gasteiger partial charge on any atom is 0.253 e. The number of rotatable bonds is 7. The second-order valence-electron chi connectivity index (χ2n) is 8.27. The molecule has 3 amide bonds. The summed E-state index contributed by atoms with van der Waals surface area (Å²) in [4.78, 5) is 39.9. The zero-order valence-electron chi connectivity index (χ0n) is 18.6. The number of carbonyl (C=O) groups excluding carboxylic acids is 3. The number of hydrogen-bond acceptors (Lipinski definition) is 3. The fourth-order valence-electron chi connectivity index (χ4n) is 4.01. The summed E-state index contributed by atoms with van der Waals surface area (Å²) in [5.41, 5.74) is 3.84. The molecule has 0 radical (unpaired) electrons. The third kappa shape index (κ3) is 5.47. The summed E-state index contributed by atoms with van der Waals surface area (Å²) in [6, 6.07) is 24.5. The van der Waals surface area contributed by atoms with Crippen molar-refractivity contribution in [3.8, 4) is 0 Å². The van der Waals surface area contributed by atoms with Crippen molar-refractivity contribution in [1.82, 2.24) is 5.32 Å². The van der Waals surface area contributed by atoms with E-state index < -0.39 is 5.92 Å². The Kier molecular flexibility index (Phi) is 6.83. The average molecular weight is 442 g/mol. The number of benzene rings is 3. The zero-order valence-corrected chi connectivity index (χ0v) is 18.6. The Labute approximate surface area is 193 Å². The Morgan fingerprint density at radius 1 is 0.970 bits per heavy atom. The van der Waals surface area contributed by atoms with Crippen molar-refractivity contribution in [3.05, 3.63) is 95.6 Å². The van der Waals surface area contributed by atoms with E-state index in [1.165, 1.54) is 0 Å². The van der Waals surface area contributed by atoms with Crippen LogP contribution >= 0.6 is 0 Å². The number of nitrogens with one attached hydrogen (secondary N) is 2. The van der Waals surface area contributed by atoms with Crippen molar-refractivity contribution in [2.24, 2.45) is 5.92 Å². The van der Waals surface area contributed by atoms with Crippen LogP contribution in [0, 0.1) is 12.8 Å². The number of anilines is 2. The highest BCUT2D eigenvalue weighted by Gasteiger charge is 2.35. The van der Waals surface area contributed by atoms with Gasteiger partial charge in [-0.1, -0.05) is 54.6 Å². The molecule has 6 nitrogen and oxygen atoms in total. The number of hydrogen-bond donors (Lipinski definition) is 2. The summed E-state index contributed by atoms with van der Waals surface area (Å²) in [6.07, 6.45) is 0.866. The standard InChI is InChI=1S/C27H27N3O3/c1-19-8-7-11-22(16-19)30-18-21(17-25(30)31)26(32)29-24-13-6-5-12-23(24)27(33)28-15-14-20-9-3-2-4-10-20/h2-13,16,21H,14-15,17-18H2,1H3,(H,28,33)(H,29,32)/t21-/m0/s1. The van der Waals surface area contributed by atoms with Crippen LogP contribution in [0.25, 0.3) is 0 Å². The highest BCUT2D eigenvalue weighted by atomic mass is 16.2. The van der Waals surface area contributed by atoms with E-state index >= 15 is 0 Å². The summed E-state index contributed by atoms with van der Waals surface area (Å²) in [5.74, 6) is -1.06. The highest BCUT2D eigenvalue weighted by Crippen LogP contribution is 2.27. The van der Waals surface area contributed by atoms with Crippen LogP contribution in [-0.4, -0.2) is 30.8 Å². The van der Waals surface area contributed by atoms with Gasteiger partial charge in [-0.05, 0) is 48.7 Å². The third-order valence-corrected chi connectivity index (χ3v) is 5.78. The van der Waals surface area contributed by atoms with E-state index in [0.717, 1.165) is 23.2 Å². The first kappa shape index (κ1) is 22.3. The topological polar surface area (TPSA) is 78.5 Å². The van der Waals surface area contributed by atoms with E-state index in [-0.39, 0.29) is 24.1 Å². The summed E-state index contributed by atoms with van der Waals surface area (Å²) in [7, 11) is 0. The molecule has 1 aliphatic heterocycles. The lowest BCUT2D eigenvalue weighted by molar-refractivity contribution is -0.122. The van der Waals surface area contributed by atoms with Gasteiger partial charge in [0.15, 0.2) is 0 Å². The first-order chi connectivity index (χ1) is 16.0. The average Bonchev–Trinajstić information content (AvgIpc) is 3.22. The minimum Gasteiger partial charge on any atom is -0.352 e. The van der Waals surface area contributed by atoms with Crippen molar-refractivity contribution in [3.63, 3.8) is 0 Å². The van der Waals surface area contributed by atoms with Crippen LogP contribution in [0.15, 0.2) is 78.9 Å². The minimum absolute atomic E-state index is 0.0762. The molecule has 4 rings (SSSR count). The summed E-state index contributed by atoms with van der Waals surface area (Å²) in [5, 5.41) is 5.79. The lowest BCUT2D eigenvalue weighted by Gasteiger charge is -2.17. The molecule has 0 saturated carbocycles. The predicted molar refractivity (Wildman–Crippen MR) is 129 cm³/mol. The number of amides is 3. The van der Waals surface area contributed by atoms with Gasteiger partial charge in [-0.2, -0.15) is 0 Å². The molecule has 1 atom stereocenters. The molecule has 0 unspecified atom stereocenters. The lowest BCUT2D eigenvalue weighted by atomic mass is 10.1. The Bertz CT molecular complexity index is 1160. The molecule has 1 heterocycles. The Morgan fingerprint density at radius 3 is 2.52 bits per heavy atom. The normalized spacial score (nSPS) is 15.4. The molecule has 0 aromatic heterocycles. The summed E-state index contributed by atoms with van der Waals surface area (Å²) in [6.45, 7) is 2.78. The van der Waals surface area contributed by atoms with Crippen LogP contribution < -0.4 is 15.5 Å². The van der Waals surface area contributed by atoms with Crippen LogP contribution in [0.3, 0.4) is 0 Å². The Hall–Kier alpha value is -3.93. The Balaban J connectivity index is 1.38. The van der Waals surface area contributed by atoms with Crippen molar-refractivity contribution in [2.75, 3.05) is 23.3 Å². The predicted octanol–water partition coefficient (Wildman–Crippen LogP) is 3.96. The molecule has 6 heteroatoms. The quantitative estimate of drug-likeness (QED) is 0.583. The first-order valence-corrected chi connectivity index (χ1v) is 11.1. The van der Waals surface area contributed by atoms with Gasteiger partial charge < -0.3 is 15.5 Å². The molecule has 0 bridgehead atoms. The zero-order chi connectivity index (χ0) is 23.2. The minimum atomic E-state index is -0.479. The highest BCUT2D eigenvalue weighted by molar-refractivity contribution is 6.07. The molecule has 1 fully saturated rings. The van der Waals surface area contributed by atoms with E-state index in [1.54, 1.807) is 29.2 Å². The molecule has 1 saturated heterocycles. The van der Waals surface area contributed by atoms with Crippen LogP contribution in [0.2, 0.25) is 0 Å². The maximum absolute atomic E-state index is 13.0. The number of nitrogens with zero attached hydrogens (tertiary/aromatic N) is 1. The monoisotopic (exact) mass is 441 g/mol. The SMILES string of the molecule is Cc1cccc(N2C[C@@H](C(=O)Nc3ccccc3C(=O)NCCc3ccccc3)CC2=O)c1. The van der Waals surface area contributed by atoms with Crippen molar-refractivity contribution in [1.29, 1.82) is 0 Å². The van der Waals surface area contributed by atoms with E-state index in [0.29, 0.717) is 24.3 Å². The molecule has 2 N–H and O–H groups in total. The number of aryl methyl sites for hydroxylation is 1. The van der Waals surface area contributed by atoms with Crippen molar-refractivity contribution >= 4 is 29.1 Å². The van der Waals surface area contributed by atoms with Crippen LogP contribution in [-0.2, 0) is 16.0 Å². The summed E-state index contributed by atoms with van der Waals surface area (Å²) < 4.78 is 0. The van der Waals surface area contributed by atoms with Gasteiger partial charge >= 0.3 is 0 Å². The van der Waals surface area contributed by atoms with Gasteiger partial charge in [0.05, 0.1) is 17.2 Å². The van der Waals surface area contributed by atoms with Crippen LogP contribution in [0.4, 0.5) is 11.4 Å². The molecule has 168 valence electrons. The maximum atomic E-state index is 13.0. The Morgan fingerprint density at radius 2 is 1.73 bits per heavy atom. The van der Waals surface area contributed by atoms with E-state index in [9.17, 15) is 14.4 Å². The van der Waals surface area contributed by atoms with Gasteiger partial charge in [0, 0.05) is 25.2 Å². The van der Waals surface area contributed by atoms with E-state index in [2.05, 4.69) is 10.6 Å². The second-order valence-corrected chi connectivity index (χ2v) is 8.27. The molecule has 1 aliphatic rings.